The van der Waals surface area contributed by atoms with E-state index in [1.54, 1.807) is 6.08 Å². The maximum absolute atomic E-state index is 12.0. The fraction of sp³-hybridized carbons (Fsp3) is 0.765. The highest BCUT2D eigenvalue weighted by atomic mass is 16.5. The first kappa shape index (κ1) is 16.2. The zero-order valence-corrected chi connectivity index (χ0v) is 13.6. The number of hydrogen-bond acceptors (Lipinski definition) is 4. The fourth-order valence-electron chi connectivity index (χ4n) is 3.58. The van der Waals surface area contributed by atoms with Gasteiger partial charge in [0.1, 0.15) is 12.2 Å². The van der Waals surface area contributed by atoms with E-state index in [1.165, 1.54) is 0 Å². The predicted octanol–water partition coefficient (Wildman–Crippen LogP) is 2.64. The van der Waals surface area contributed by atoms with Gasteiger partial charge in [-0.05, 0) is 59.0 Å². The van der Waals surface area contributed by atoms with Gasteiger partial charge in [0.15, 0.2) is 5.78 Å². The van der Waals surface area contributed by atoms with E-state index in [-0.39, 0.29) is 29.2 Å². The number of carbonyl (C=O) groups is 2. The Morgan fingerprint density at radius 2 is 2.05 bits per heavy atom. The Morgan fingerprint density at radius 1 is 1.43 bits per heavy atom. The molecule has 0 aromatic carbocycles. The van der Waals surface area contributed by atoms with Gasteiger partial charge in [0.2, 0.25) is 0 Å². The average Bonchev–Trinajstić information content (AvgIpc) is 2.79. The molecule has 2 aliphatic rings. The molecule has 1 saturated carbocycles. The van der Waals surface area contributed by atoms with Crippen molar-refractivity contribution in [2.24, 2.45) is 16.7 Å². The summed E-state index contributed by atoms with van der Waals surface area (Å²) in [6.07, 6.45) is 2.84. The van der Waals surface area contributed by atoms with Gasteiger partial charge in [0.05, 0.1) is 5.41 Å². The zero-order valence-electron chi connectivity index (χ0n) is 13.6. The quantitative estimate of drug-likeness (QED) is 0.755. The molecule has 1 fully saturated rings. The molecule has 118 valence electrons. The van der Waals surface area contributed by atoms with E-state index in [2.05, 4.69) is 0 Å². The predicted molar refractivity (Wildman–Crippen MR) is 79.6 cm³/mol. The van der Waals surface area contributed by atoms with Crippen molar-refractivity contribution in [3.63, 3.8) is 0 Å². The Balaban J connectivity index is 2.15. The minimum atomic E-state index is -0.939. The summed E-state index contributed by atoms with van der Waals surface area (Å²) in [5, 5.41) is 10.1. The van der Waals surface area contributed by atoms with Gasteiger partial charge in [-0.15, -0.1) is 0 Å². The minimum absolute atomic E-state index is 0.122. The molecule has 2 rings (SSSR count). The third-order valence-corrected chi connectivity index (χ3v) is 5.17. The second-order valence-corrected chi connectivity index (χ2v) is 7.64. The van der Waals surface area contributed by atoms with Crippen LogP contribution in [0.15, 0.2) is 11.6 Å². The van der Waals surface area contributed by atoms with Gasteiger partial charge in [-0.2, -0.15) is 0 Å². The first-order valence-electron chi connectivity index (χ1n) is 7.70. The van der Waals surface area contributed by atoms with Crippen LogP contribution in [-0.2, 0) is 14.3 Å². The van der Waals surface area contributed by atoms with Crippen LogP contribution >= 0.6 is 0 Å². The Hall–Kier alpha value is -1.16. The molecule has 1 spiro atoms. The lowest BCUT2D eigenvalue weighted by Gasteiger charge is -2.41. The molecular weight excluding hydrogens is 268 g/mol. The summed E-state index contributed by atoms with van der Waals surface area (Å²) in [6, 6.07) is 0. The SMILES string of the molecule is CC1=CC(=O)[C@H](O)[C@@H](C)[C@@]12CC[C@H](OC(=O)C(C)(C)C)C2. The number of ketones is 1. The van der Waals surface area contributed by atoms with Crippen LogP contribution in [0.2, 0.25) is 0 Å². The number of hydrogen-bond donors (Lipinski definition) is 1. The summed E-state index contributed by atoms with van der Waals surface area (Å²) >= 11 is 0. The maximum atomic E-state index is 12.0. The Labute approximate surface area is 126 Å². The highest BCUT2D eigenvalue weighted by molar-refractivity contribution is 5.95. The van der Waals surface area contributed by atoms with E-state index < -0.39 is 11.5 Å². The fourth-order valence-corrected chi connectivity index (χ4v) is 3.58. The molecule has 0 amide bonds. The molecule has 2 aliphatic carbocycles. The van der Waals surface area contributed by atoms with Gasteiger partial charge in [-0.1, -0.05) is 12.5 Å². The largest absolute Gasteiger partial charge is 0.462 e. The smallest absolute Gasteiger partial charge is 0.311 e. The van der Waals surface area contributed by atoms with Crippen LogP contribution in [0.4, 0.5) is 0 Å². The first-order valence-corrected chi connectivity index (χ1v) is 7.70. The Morgan fingerprint density at radius 3 is 2.62 bits per heavy atom. The molecule has 1 N–H and O–H groups in total. The zero-order chi connectivity index (χ0) is 16.0. The molecule has 0 unspecified atom stereocenters. The van der Waals surface area contributed by atoms with E-state index in [9.17, 15) is 14.7 Å². The number of aliphatic hydroxyl groups is 1. The van der Waals surface area contributed by atoms with E-state index in [1.807, 2.05) is 34.6 Å². The van der Waals surface area contributed by atoms with Crippen LogP contribution in [0.25, 0.3) is 0 Å². The number of allylic oxidation sites excluding steroid dienone is 1. The van der Waals surface area contributed by atoms with Gasteiger partial charge in [0.25, 0.3) is 0 Å². The van der Waals surface area contributed by atoms with Crippen molar-refractivity contribution in [3.05, 3.63) is 11.6 Å². The van der Waals surface area contributed by atoms with Crippen molar-refractivity contribution < 1.29 is 19.4 Å². The lowest BCUT2D eigenvalue weighted by molar-refractivity contribution is -0.158. The lowest BCUT2D eigenvalue weighted by atomic mass is 9.63. The summed E-state index contributed by atoms with van der Waals surface area (Å²) in [4.78, 5) is 23.8. The summed E-state index contributed by atoms with van der Waals surface area (Å²) in [7, 11) is 0. The normalized spacial score (nSPS) is 36.8. The minimum Gasteiger partial charge on any atom is -0.462 e. The number of rotatable bonds is 1. The van der Waals surface area contributed by atoms with Gasteiger partial charge in [-0.25, -0.2) is 0 Å². The number of carbonyl (C=O) groups excluding carboxylic acids is 2. The molecule has 0 aromatic rings. The monoisotopic (exact) mass is 294 g/mol. The molecule has 4 atom stereocenters. The highest BCUT2D eigenvalue weighted by Crippen LogP contribution is 2.53. The number of ether oxygens (including phenoxy) is 1. The molecule has 0 aliphatic heterocycles. The maximum Gasteiger partial charge on any atom is 0.311 e. The van der Waals surface area contributed by atoms with E-state index in [0.29, 0.717) is 6.42 Å². The average molecular weight is 294 g/mol. The van der Waals surface area contributed by atoms with Crippen molar-refractivity contribution in [2.45, 2.75) is 66.1 Å². The summed E-state index contributed by atoms with van der Waals surface area (Å²) in [5.41, 5.74) is 0.296. The molecule has 0 heterocycles. The van der Waals surface area contributed by atoms with Crippen molar-refractivity contribution in [1.29, 1.82) is 0 Å². The van der Waals surface area contributed by atoms with Crippen LogP contribution in [0, 0.1) is 16.7 Å². The topological polar surface area (TPSA) is 63.6 Å². The first-order chi connectivity index (χ1) is 9.58. The van der Waals surface area contributed by atoms with Crippen LogP contribution < -0.4 is 0 Å². The van der Waals surface area contributed by atoms with Gasteiger partial charge < -0.3 is 9.84 Å². The molecular formula is C17H26O4. The van der Waals surface area contributed by atoms with Crippen molar-refractivity contribution in [3.8, 4) is 0 Å². The molecule has 4 nitrogen and oxygen atoms in total. The second-order valence-electron chi connectivity index (χ2n) is 7.64. The van der Waals surface area contributed by atoms with Crippen LogP contribution in [0.1, 0.15) is 53.9 Å². The standard InChI is InChI=1S/C17H26O4/c1-10-8-13(18)14(19)11(2)17(10)7-6-12(9-17)21-15(20)16(3,4)5/h8,11-12,14,19H,6-7,9H2,1-5H3/t11-,12+,14-,17-/m1/s1. The Bertz CT molecular complexity index is 486. The summed E-state index contributed by atoms with van der Waals surface area (Å²) in [6.45, 7) is 9.41. The summed E-state index contributed by atoms with van der Waals surface area (Å²) in [5.74, 6) is -0.527. The van der Waals surface area contributed by atoms with Crippen molar-refractivity contribution in [2.75, 3.05) is 0 Å². The van der Waals surface area contributed by atoms with Gasteiger partial charge >= 0.3 is 5.97 Å². The lowest BCUT2D eigenvalue weighted by Crippen LogP contribution is -2.44. The number of esters is 1. The molecule has 0 radical (unpaired) electrons. The number of aliphatic hydroxyl groups excluding tert-OH is 1. The van der Waals surface area contributed by atoms with E-state index in [0.717, 1.165) is 18.4 Å². The van der Waals surface area contributed by atoms with E-state index in [4.69, 9.17) is 4.74 Å². The third kappa shape index (κ3) is 2.78. The van der Waals surface area contributed by atoms with Crippen molar-refractivity contribution in [1.82, 2.24) is 0 Å². The van der Waals surface area contributed by atoms with E-state index >= 15 is 0 Å². The van der Waals surface area contributed by atoms with Gasteiger partial charge in [0, 0.05) is 5.41 Å². The van der Waals surface area contributed by atoms with Crippen molar-refractivity contribution >= 4 is 11.8 Å². The molecule has 0 saturated heterocycles. The molecule has 4 heteroatoms. The molecule has 0 aromatic heterocycles. The highest BCUT2D eigenvalue weighted by Gasteiger charge is 2.51. The molecule has 0 bridgehead atoms. The van der Waals surface area contributed by atoms with Crippen LogP contribution in [0.5, 0.6) is 0 Å². The second kappa shape index (κ2) is 5.24. The van der Waals surface area contributed by atoms with Crippen LogP contribution in [-0.4, -0.2) is 29.1 Å². The summed E-state index contributed by atoms with van der Waals surface area (Å²) < 4.78 is 5.63. The molecule has 21 heavy (non-hydrogen) atoms. The van der Waals surface area contributed by atoms with Crippen LogP contribution in [0.3, 0.4) is 0 Å². The third-order valence-electron chi connectivity index (χ3n) is 5.17. The Kier molecular flexibility index (Phi) is 4.04. The van der Waals surface area contributed by atoms with Gasteiger partial charge in [-0.3, -0.25) is 9.59 Å².